The second-order valence-electron chi connectivity index (χ2n) is 7.53. The van der Waals surface area contributed by atoms with Crippen molar-refractivity contribution in [2.75, 3.05) is 18.4 Å². The summed E-state index contributed by atoms with van der Waals surface area (Å²) >= 11 is 0. The molecular formula is C21H24F3N3O5S. The summed E-state index contributed by atoms with van der Waals surface area (Å²) in [6.45, 7) is 1.69. The summed E-state index contributed by atoms with van der Waals surface area (Å²) in [4.78, 5) is 11.6. The predicted molar refractivity (Wildman–Crippen MR) is 114 cm³/mol. The van der Waals surface area contributed by atoms with Crippen molar-refractivity contribution in [3.63, 3.8) is 0 Å². The maximum absolute atomic E-state index is 12.9. The Balaban J connectivity index is 1.64. The first-order valence-electron chi connectivity index (χ1n) is 10.1. The van der Waals surface area contributed by atoms with Crippen molar-refractivity contribution in [3.05, 3.63) is 54.1 Å². The number of rotatable bonds is 6. The Morgan fingerprint density at radius 3 is 2.30 bits per heavy atom. The average molecular weight is 488 g/mol. The van der Waals surface area contributed by atoms with Gasteiger partial charge in [0.05, 0.1) is 0 Å². The minimum Gasteiger partial charge on any atom is -0.428 e. The topological polar surface area (TPSA) is 111 Å². The molecule has 1 saturated heterocycles. The zero-order valence-electron chi connectivity index (χ0n) is 17.8. The highest BCUT2D eigenvalue weighted by Gasteiger charge is 2.41. The van der Waals surface area contributed by atoms with Crippen LogP contribution in [0, 0.1) is 0 Å². The summed E-state index contributed by atoms with van der Waals surface area (Å²) in [7, 11) is -4.30. The van der Waals surface area contributed by atoms with Gasteiger partial charge in [-0.25, -0.2) is 13.2 Å². The Kier molecular flexibility index (Phi) is 7.20. The lowest BCUT2D eigenvalue weighted by molar-refractivity contribution is -0.275. The molecule has 2 aromatic carbocycles. The number of hydrogen-bond acceptors (Lipinski definition) is 6. The first kappa shape index (κ1) is 24.8. The zero-order chi connectivity index (χ0) is 24.3. The van der Waals surface area contributed by atoms with Gasteiger partial charge >= 0.3 is 12.5 Å². The van der Waals surface area contributed by atoms with Gasteiger partial charge in [0, 0.05) is 31.6 Å². The predicted octanol–water partition coefficient (Wildman–Crippen LogP) is 3.84. The lowest BCUT2D eigenvalue weighted by Gasteiger charge is -2.37. The highest BCUT2D eigenvalue weighted by atomic mass is 32.2. The molecule has 1 fully saturated rings. The molecule has 0 aliphatic carbocycles. The number of nitrogens with zero attached hydrogens (tertiary/aromatic N) is 1. The summed E-state index contributed by atoms with van der Waals surface area (Å²) in [5.41, 5.74) is 6.32. The van der Waals surface area contributed by atoms with Gasteiger partial charge in [0.15, 0.2) is 5.72 Å². The van der Waals surface area contributed by atoms with Crippen molar-refractivity contribution in [1.29, 1.82) is 0 Å². The van der Waals surface area contributed by atoms with Crippen LogP contribution in [-0.2, 0) is 21.2 Å². The Morgan fingerprint density at radius 2 is 1.73 bits per heavy atom. The number of carbonyl (C=O) groups is 1. The number of alkyl halides is 3. The van der Waals surface area contributed by atoms with Crippen LogP contribution >= 0.6 is 0 Å². The molecule has 12 heteroatoms. The normalized spacial score (nSPS) is 16.8. The molecule has 0 spiro atoms. The number of para-hydroxylation sites is 1. The molecule has 0 aromatic heterocycles. The molecule has 0 radical (unpaired) electrons. The summed E-state index contributed by atoms with van der Waals surface area (Å²) in [5.74, 6) is -0.820. The van der Waals surface area contributed by atoms with E-state index in [4.69, 9.17) is 10.5 Å². The highest BCUT2D eigenvalue weighted by molar-refractivity contribution is 7.89. The minimum absolute atomic E-state index is 0.0449. The number of aryl methyl sites for hydroxylation is 1. The monoisotopic (exact) mass is 487 g/mol. The molecule has 2 aromatic rings. The van der Waals surface area contributed by atoms with E-state index in [-0.39, 0.29) is 25.9 Å². The van der Waals surface area contributed by atoms with Gasteiger partial charge < -0.3 is 9.47 Å². The van der Waals surface area contributed by atoms with E-state index in [1.54, 1.807) is 12.1 Å². The number of anilines is 1. The standard InChI is InChI=1S/C21H24F3N3O5S/c1-2-15-7-9-16(10-8-15)26-19(28)32-20(25)11-13-27(14-12-20)33(29,30)18-6-4-3-5-17(18)31-21(22,23)24/h3-10H,2,11-14,25H2,1H3,(H,26,28). The number of sulfonamides is 1. The maximum Gasteiger partial charge on any atom is 0.573 e. The largest absolute Gasteiger partial charge is 0.573 e. The Morgan fingerprint density at radius 1 is 1.12 bits per heavy atom. The van der Waals surface area contributed by atoms with Crippen molar-refractivity contribution in [2.24, 2.45) is 5.73 Å². The number of nitrogens with two attached hydrogens (primary N) is 1. The van der Waals surface area contributed by atoms with Crippen LogP contribution in [0.5, 0.6) is 5.75 Å². The first-order valence-corrected chi connectivity index (χ1v) is 11.6. The summed E-state index contributed by atoms with van der Waals surface area (Å²) in [6.07, 6.45) is -5.07. The van der Waals surface area contributed by atoms with Crippen molar-refractivity contribution < 1.29 is 35.9 Å². The molecule has 1 aliphatic heterocycles. The van der Waals surface area contributed by atoms with Crippen LogP contribution in [0.25, 0.3) is 0 Å². The smallest absolute Gasteiger partial charge is 0.428 e. The third kappa shape index (κ3) is 6.36. The van der Waals surface area contributed by atoms with Gasteiger partial charge in [-0.05, 0) is 36.2 Å². The van der Waals surface area contributed by atoms with Crippen LogP contribution in [0.15, 0.2) is 53.4 Å². The van der Waals surface area contributed by atoms with Gasteiger partial charge in [-0.1, -0.05) is 31.2 Å². The third-order valence-corrected chi connectivity index (χ3v) is 7.10. The van der Waals surface area contributed by atoms with E-state index in [1.165, 1.54) is 12.1 Å². The Hall–Kier alpha value is -2.83. The van der Waals surface area contributed by atoms with Gasteiger partial charge in [-0.2, -0.15) is 4.31 Å². The minimum atomic E-state index is -5.04. The molecule has 180 valence electrons. The molecule has 0 atom stereocenters. The van der Waals surface area contributed by atoms with Crippen LogP contribution in [0.1, 0.15) is 25.3 Å². The fourth-order valence-electron chi connectivity index (χ4n) is 3.37. The fourth-order valence-corrected chi connectivity index (χ4v) is 4.93. The second kappa shape index (κ2) is 9.57. The van der Waals surface area contributed by atoms with E-state index in [0.717, 1.165) is 28.4 Å². The molecule has 3 rings (SSSR count). The summed E-state index contributed by atoms with van der Waals surface area (Å²) < 4.78 is 74.1. The van der Waals surface area contributed by atoms with Crippen LogP contribution in [-0.4, -0.2) is 44.0 Å². The molecule has 0 saturated carbocycles. The van der Waals surface area contributed by atoms with Crippen molar-refractivity contribution in [3.8, 4) is 5.75 Å². The fraction of sp³-hybridized carbons (Fsp3) is 0.381. The van der Waals surface area contributed by atoms with Gasteiger partial charge in [-0.15, -0.1) is 13.2 Å². The number of hydrogen-bond donors (Lipinski definition) is 2. The van der Waals surface area contributed by atoms with Crippen molar-refractivity contribution in [1.82, 2.24) is 4.31 Å². The number of halogens is 3. The number of benzene rings is 2. The Bertz CT molecular complexity index is 1080. The zero-order valence-corrected chi connectivity index (χ0v) is 18.6. The molecule has 1 heterocycles. The molecule has 33 heavy (non-hydrogen) atoms. The van der Waals surface area contributed by atoms with E-state index in [1.807, 2.05) is 19.1 Å². The van der Waals surface area contributed by atoms with Crippen molar-refractivity contribution in [2.45, 2.75) is 43.2 Å². The quantitative estimate of drug-likeness (QED) is 0.599. The van der Waals surface area contributed by atoms with Gasteiger partial charge in [-0.3, -0.25) is 11.1 Å². The lowest BCUT2D eigenvalue weighted by Crippen LogP contribution is -2.54. The van der Waals surface area contributed by atoms with Crippen LogP contribution in [0.4, 0.5) is 23.7 Å². The number of ether oxygens (including phenoxy) is 2. The van der Waals surface area contributed by atoms with E-state index < -0.39 is 38.8 Å². The first-order chi connectivity index (χ1) is 15.4. The summed E-state index contributed by atoms with van der Waals surface area (Å²) in [5, 5.41) is 2.57. The SMILES string of the molecule is CCc1ccc(NC(=O)OC2(N)CCN(S(=O)(=O)c3ccccc3OC(F)(F)F)CC2)cc1. The molecule has 0 unspecified atom stereocenters. The number of nitrogens with one attached hydrogen (secondary N) is 1. The average Bonchev–Trinajstić information content (AvgIpc) is 2.73. The third-order valence-electron chi connectivity index (χ3n) is 5.17. The Labute approximate surface area is 189 Å². The maximum atomic E-state index is 12.9. The van der Waals surface area contributed by atoms with E-state index in [9.17, 15) is 26.4 Å². The summed E-state index contributed by atoms with van der Waals surface area (Å²) in [6, 6.07) is 11.7. The van der Waals surface area contributed by atoms with Crippen molar-refractivity contribution >= 4 is 21.8 Å². The van der Waals surface area contributed by atoms with Gasteiger partial charge in [0.2, 0.25) is 10.0 Å². The number of piperidine rings is 1. The lowest BCUT2D eigenvalue weighted by atomic mass is 10.0. The van der Waals surface area contributed by atoms with E-state index in [0.29, 0.717) is 5.69 Å². The second-order valence-corrected chi connectivity index (χ2v) is 9.43. The van der Waals surface area contributed by atoms with Gasteiger partial charge in [0.1, 0.15) is 10.6 Å². The van der Waals surface area contributed by atoms with Gasteiger partial charge in [0.25, 0.3) is 0 Å². The van der Waals surface area contributed by atoms with Crippen LogP contribution < -0.4 is 15.8 Å². The highest BCUT2D eigenvalue weighted by Crippen LogP contribution is 2.33. The van der Waals surface area contributed by atoms with E-state index in [2.05, 4.69) is 10.1 Å². The molecule has 0 bridgehead atoms. The van der Waals surface area contributed by atoms with Crippen LogP contribution in [0.2, 0.25) is 0 Å². The van der Waals surface area contributed by atoms with E-state index >= 15 is 0 Å². The molecule has 8 nitrogen and oxygen atoms in total. The molecular weight excluding hydrogens is 463 g/mol. The van der Waals surface area contributed by atoms with Crippen LogP contribution in [0.3, 0.4) is 0 Å². The number of carbonyl (C=O) groups excluding carboxylic acids is 1. The molecule has 3 N–H and O–H groups in total. The molecule has 1 aliphatic rings. The molecule has 1 amide bonds. The number of amides is 1.